The smallest absolute Gasteiger partial charge is 0.271 e. The zero-order valence-electron chi connectivity index (χ0n) is 15.5. The number of nitrogens with one attached hydrogen (secondary N) is 1. The highest BCUT2D eigenvalue weighted by molar-refractivity contribution is 6.39. The zero-order chi connectivity index (χ0) is 19.7. The minimum atomic E-state index is -0.0751. The summed E-state index contributed by atoms with van der Waals surface area (Å²) in [7, 11) is 1.66. The van der Waals surface area contributed by atoms with Gasteiger partial charge in [0.2, 0.25) is 0 Å². The number of carbonyl (C=O) groups excluding carboxylic acids is 1. The van der Waals surface area contributed by atoms with Crippen LogP contribution in [0.2, 0.25) is 10.0 Å². The van der Waals surface area contributed by atoms with Gasteiger partial charge in [0.25, 0.3) is 5.91 Å². The number of hydrogen-bond acceptors (Lipinski definition) is 3. The van der Waals surface area contributed by atoms with E-state index in [1.165, 1.54) is 0 Å². The van der Waals surface area contributed by atoms with Crippen molar-refractivity contribution in [2.75, 3.05) is 38.2 Å². The molecule has 4 rings (SSSR count). The number of amides is 1. The van der Waals surface area contributed by atoms with Crippen LogP contribution in [-0.2, 0) is 0 Å². The summed E-state index contributed by atoms with van der Waals surface area (Å²) in [6, 6.07) is 13.4. The number of rotatable bonds is 3. The normalized spacial score (nSPS) is 15.0. The van der Waals surface area contributed by atoms with Gasteiger partial charge in [-0.1, -0.05) is 23.2 Å². The van der Waals surface area contributed by atoms with Crippen LogP contribution in [0.4, 0.5) is 5.69 Å². The summed E-state index contributed by atoms with van der Waals surface area (Å²) in [5.74, 6) is 0.762. The number of halogens is 2. The molecule has 28 heavy (non-hydrogen) atoms. The van der Waals surface area contributed by atoms with E-state index in [1.54, 1.807) is 19.2 Å². The van der Waals surface area contributed by atoms with Crippen LogP contribution in [0.1, 0.15) is 16.9 Å². The maximum Gasteiger partial charge on any atom is 0.271 e. The maximum absolute atomic E-state index is 13.1. The molecule has 0 spiro atoms. The number of methoxy groups -OCH3 is 1. The molecule has 5 nitrogen and oxygen atoms in total. The van der Waals surface area contributed by atoms with Gasteiger partial charge in [0.05, 0.1) is 12.1 Å². The van der Waals surface area contributed by atoms with Crippen molar-refractivity contribution in [1.29, 1.82) is 0 Å². The van der Waals surface area contributed by atoms with E-state index in [1.807, 2.05) is 23.1 Å². The van der Waals surface area contributed by atoms with Crippen molar-refractivity contribution in [2.24, 2.45) is 0 Å². The average molecular weight is 418 g/mol. The van der Waals surface area contributed by atoms with Crippen LogP contribution >= 0.6 is 23.2 Å². The Hall–Kier alpha value is -2.37. The summed E-state index contributed by atoms with van der Waals surface area (Å²) in [5, 5.41) is 1.79. The SMILES string of the molecule is COc1ccc(N2CCCN(C(=O)c3[nH]c4ccc(Cl)cc4c3Cl)CC2)cc1. The summed E-state index contributed by atoms with van der Waals surface area (Å²) < 4.78 is 5.23. The predicted molar refractivity (Wildman–Crippen MR) is 114 cm³/mol. The molecule has 1 aliphatic rings. The molecule has 1 fully saturated rings. The van der Waals surface area contributed by atoms with Crippen LogP contribution in [0.5, 0.6) is 5.75 Å². The number of aromatic nitrogens is 1. The van der Waals surface area contributed by atoms with Gasteiger partial charge in [0.15, 0.2) is 0 Å². The molecular weight excluding hydrogens is 397 g/mol. The van der Waals surface area contributed by atoms with Crippen LogP contribution in [-0.4, -0.2) is 49.1 Å². The van der Waals surface area contributed by atoms with Gasteiger partial charge in [0.1, 0.15) is 11.4 Å². The molecule has 0 unspecified atom stereocenters. The Morgan fingerprint density at radius 1 is 1.04 bits per heavy atom. The average Bonchev–Trinajstić information content (AvgIpc) is 2.89. The van der Waals surface area contributed by atoms with Gasteiger partial charge in [-0.3, -0.25) is 4.79 Å². The predicted octanol–water partition coefficient (Wildman–Crippen LogP) is 4.84. The summed E-state index contributed by atoms with van der Waals surface area (Å²) in [5.41, 5.74) is 2.37. The first-order valence-corrected chi connectivity index (χ1v) is 9.97. The lowest BCUT2D eigenvalue weighted by Gasteiger charge is -2.23. The second kappa shape index (κ2) is 7.94. The Labute approximate surface area is 173 Å². The van der Waals surface area contributed by atoms with Crippen molar-refractivity contribution in [2.45, 2.75) is 6.42 Å². The van der Waals surface area contributed by atoms with Crippen LogP contribution < -0.4 is 9.64 Å². The van der Waals surface area contributed by atoms with Gasteiger partial charge in [-0.2, -0.15) is 0 Å². The molecule has 0 bridgehead atoms. The number of carbonyl (C=O) groups is 1. The third kappa shape index (κ3) is 3.64. The highest BCUT2D eigenvalue weighted by Gasteiger charge is 2.24. The van der Waals surface area contributed by atoms with Crippen molar-refractivity contribution in [3.05, 3.63) is 58.2 Å². The topological polar surface area (TPSA) is 48.6 Å². The fraction of sp³-hybridized carbons (Fsp3) is 0.286. The molecule has 7 heteroatoms. The molecule has 2 aromatic carbocycles. The van der Waals surface area contributed by atoms with Gasteiger partial charge >= 0.3 is 0 Å². The molecule has 1 N–H and O–H groups in total. The number of nitrogens with zero attached hydrogens (tertiary/aromatic N) is 2. The molecule has 1 aliphatic heterocycles. The van der Waals surface area contributed by atoms with Crippen LogP contribution in [0.25, 0.3) is 10.9 Å². The third-order valence-electron chi connectivity index (χ3n) is 5.13. The number of fused-ring (bicyclic) bond motifs is 1. The van der Waals surface area contributed by atoms with Crippen molar-refractivity contribution < 1.29 is 9.53 Å². The van der Waals surface area contributed by atoms with Crippen molar-refractivity contribution in [3.63, 3.8) is 0 Å². The standard InChI is InChI=1S/C21H21Cl2N3O2/c1-28-16-6-4-15(5-7-16)25-9-2-10-26(12-11-25)21(27)20-19(23)17-13-14(22)3-8-18(17)24-20/h3-8,13,24H,2,9-12H2,1H3. The third-order valence-corrected chi connectivity index (χ3v) is 5.76. The van der Waals surface area contributed by atoms with E-state index >= 15 is 0 Å². The lowest BCUT2D eigenvalue weighted by molar-refractivity contribution is 0.0762. The van der Waals surface area contributed by atoms with Gasteiger partial charge in [-0.05, 0) is 48.9 Å². The van der Waals surface area contributed by atoms with Crippen molar-refractivity contribution in [3.8, 4) is 5.75 Å². The maximum atomic E-state index is 13.1. The van der Waals surface area contributed by atoms with Crippen molar-refractivity contribution in [1.82, 2.24) is 9.88 Å². The molecule has 2 heterocycles. The Morgan fingerprint density at radius 2 is 1.82 bits per heavy atom. The van der Waals surface area contributed by atoms with Crippen LogP contribution in [0.3, 0.4) is 0 Å². The Balaban J connectivity index is 1.51. The molecule has 146 valence electrons. The van der Waals surface area contributed by atoms with Gasteiger partial charge in [-0.15, -0.1) is 0 Å². The first-order valence-electron chi connectivity index (χ1n) is 9.22. The molecule has 1 saturated heterocycles. The van der Waals surface area contributed by atoms with E-state index in [9.17, 15) is 4.79 Å². The molecule has 0 aliphatic carbocycles. The first kappa shape index (κ1) is 19.0. The van der Waals surface area contributed by atoms with Crippen LogP contribution in [0.15, 0.2) is 42.5 Å². The summed E-state index contributed by atoms with van der Waals surface area (Å²) in [6.45, 7) is 2.99. The monoisotopic (exact) mass is 417 g/mol. The fourth-order valence-electron chi connectivity index (χ4n) is 3.61. The number of anilines is 1. The lowest BCUT2D eigenvalue weighted by atomic mass is 10.2. The Bertz CT molecular complexity index is 1000. The van der Waals surface area contributed by atoms with E-state index in [4.69, 9.17) is 27.9 Å². The minimum Gasteiger partial charge on any atom is -0.497 e. The molecule has 0 atom stereocenters. The van der Waals surface area contributed by atoms with E-state index in [0.717, 1.165) is 41.9 Å². The number of H-pyrrole nitrogens is 1. The second-order valence-corrected chi connectivity index (χ2v) is 7.65. The molecule has 3 aromatic rings. The highest BCUT2D eigenvalue weighted by Crippen LogP contribution is 2.31. The van der Waals surface area contributed by atoms with Crippen molar-refractivity contribution >= 4 is 45.7 Å². The second-order valence-electron chi connectivity index (χ2n) is 6.83. The first-order chi connectivity index (χ1) is 13.6. The molecule has 1 aromatic heterocycles. The fourth-order valence-corrected chi connectivity index (χ4v) is 4.07. The molecular formula is C21H21Cl2N3O2. The van der Waals surface area contributed by atoms with E-state index in [0.29, 0.717) is 28.8 Å². The van der Waals surface area contributed by atoms with Crippen LogP contribution in [0, 0.1) is 0 Å². The number of ether oxygens (including phenoxy) is 1. The largest absolute Gasteiger partial charge is 0.497 e. The zero-order valence-corrected chi connectivity index (χ0v) is 17.1. The van der Waals surface area contributed by atoms with E-state index in [2.05, 4.69) is 22.0 Å². The van der Waals surface area contributed by atoms with E-state index in [-0.39, 0.29) is 5.91 Å². The summed E-state index contributed by atoms with van der Waals surface area (Å²) >= 11 is 12.5. The molecule has 0 radical (unpaired) electrons. The summed E-state index contributed by atoms with van der Waals surface area (Å²) in [4.78, 5) is 20.4. The van der Waals surface area contributed by atoms with Gasteiger partial charge in [-0.25, -0.2) is 0 Å². The summed E-state index contributed by atoms with van der Waals surface area (Å²) in [6.07, 6.45) is 0.890. The Morgan fingerprint density at radius 3 is 2.57 bits per heavy atom. The number of aromatic amines is 1. The van der Waals surface area contributed by atoms with E-state index < -0.39 is 0 Å². The number of benzene rings is 2. The quantitative estimate of drug-likeness (QED) is 0.663. The number of hydrogen-bond donors (Lipinski definition) is 1. The minimum absolute atomic E-state index is 0.0751. The van der Waals surface area contributed by atoms with Gasteiger partial charge in [0, 0.05) is 47.8 Å². The molecule has 1 amide bonds. The highest BCUT2D eigenvalue weighted by atomic mass is 35.5. The molecule has 0 saturated carbocycles. The van der Waals surface area contributed by atoms with Gasteiger partial charge < -0.3 is 19.5 Å². The Kier molecular flexibility index (Phi) is 5.38. The lowest BCUT2D eigenvalue weighted by Crippen LogP contribution is -2.35.